The molecule has 0 saturated heterocycles. The van der Waals surface area contributed by atoms with E-state index in [2.05, 4.69) is 5.32 Å². The van der Waals surface area contributed by atoms with Crippen molar-refractivity contribution in [3.05, 3.63) is 34.7 Å². The van der Waals surface area contributed by atoms with Gasteiger partial charge in [-0.25, -0.2) is 0 Å². The first kappa shape index (κ1) is 20.6. The molecule has 1 heterocycles. The molecule has 1 aromatic carbocycles. The van der Waals surface area contributed by atoms with Gasteiger partial charge in [-0.3, -0.25) is 19.3 Å². The molecule has 0 radical (unpaired) electrons. The van der Waals surface area contributed by atoms with E-state index in [1.54, 1.807) is 12.1 Å². The Labute approximate surface area is 170 Å². The minimum absolute atomic E-state index is 0.00362. The van der Waals surface area contributed by atoms with Gasteiger partial charge in [0.15, 0.2) is 0 Å². The van der Waals surface area contributed by atoms with E-state index < -0.39 is 0 Å². The molecule has 1 saturated carbocycles. The van der Waals surface area contributed by atoms with Crippen LogP contribution in [0.25, 0.3) is 5.57 Å². The van der Waals surface area contributed by atoms with Crippen molar-refractivity contribution in [3.8, 4) is 0 Å². The molecule has 5 nitrogen and oxygen atoms in total. The third-order valence-electron chi connectivity index (χ3n) is 5.30. The molecule has 0 spiro atoms. The maximum absolute atomic E-state index is 13.3. The predicted octanol–water partition coefficient (Wildman–Crippen LogP) is 4.59. The second kappa shape index (κ2) is 9.41. The van der Waals surface area contributed by atoms with Crippen LogP contribution in [0.3, 0.4) is 0 Å². The first-order valence-corrected chi connectivity index (χ1v) is 11.1. The number of imide groups is 1. The molecule has 0 bridgehead atoms. The highest BCUT2D eigenvalue weighted by Gasteiger charge is 2.42. The van der Waals surface area contributed by atoms with Crippen molar-refractivity contribution < 1.29 is 14.4 Å². The molecule has 1 fully saturated rings. The normalized spacial score (nSPS) is 19.0. The van der Waals surface area contributed by atoms with E-state index in [1.807, 2.05) is 19.1 Å². The van der Waals surface area contributed by atoms with Crippen molar-refractivity contribution in [1.29, 1.82) is 0 Å². The Balaban J connectivity index is 1.90. The van der Waals surface area contributed by atoms with Crippen molar-refractivity contribution in [2.75, 3.05) is 11.1 Å². The zero-order chi connectivity index (χ0) is 20.1. The van der Waals surface area contributed by atoms with Gasteiger partial charge >= 0.3 is 0 Å². The summed E-state index contributed by atoms with van der Waals surface area (Å²) in [4.78, 5) is 39.8. The van der Waals surface area contributed by atoms with Gasteiger partial charge in [0.05, 0.1) is 10.5 Å². The van der Waals surface area contributed by atoms with Crippen molar-refractivity contribution >= 4 is 40.7 Å². The van der Waals surface area contributed by atoms with Gasteiger partial charge in [-0.1, -0.05) is 51.2 Å². The number of thioether (sulfide) groups is 1. The summed E-state index contributed by atoms with van der Waals surface area (Å²) in [7, 11) is 0. The quantitative estimate of drug-likeness (QED) is 0.734. The number of anilines is 1. The molecule has 28 heavy (non-hydrogen) atoms. The standard InChI is InChI=1S/C22H28N2O3S/c1-3-28-20-19(16-11-13-17(14-12-16)23-15(2)25)21(26)24(22(20)27)18-9-7-5-4-6-8-10-18/h11-14,18H,3-10H2,1-2H3,(H,23,25). The van der Waals surface area contributed by atoms with Crippen LogP contribution in [0.5, 0.6) is 0 Å². The molecule has 3 amide bonds. The topological polar surface area (TPSA) is 66.5 Å². The third kappa shape index (κ3) is 4.49. The Morgan fingerprint density at radius 3 is 2.21 bits per heavy atom. The number of benzene rings is 1. The predicted molar refractivity (Wildman–Crippen MR) is 114 cm³/mol. The first-order valence-electron chi connectivity index (χ1n) is 10.2. The Kier molecular flexibility index (Phi) is 6.94. The fourth-order valence-electron chi connectivity index (χ4n) is 4.01. The van der Waals surface area contributed by atoms with Gasteiger partial charge in [-0.15, -0.1) is 11.8 Å². The Morgan fingerprint density at radius 2 is 1.64 bits per heavy atom. The molecule has 6 heteroatoms. The molecule has 0 atom stereocenters. The number of carbonyl (C=O) groups excluding carboxylic acids is 3. The second-order valence-electron chi connectivity index (χ2n) is 7.37. The third-order valence-corrected chi connectivity index (χ3v) is 6.25. The van der Waals surface area contributed by atoms with Gasteiger partial charge in [0.1, 0.15) is 0 Å². The lowest BCUT2D eigenvalue weighted by Gasteiger charge is -2.28. The maximum Gasteiger partial charge on any atom is 0.268 e. The molecule has 3 rings (SSSR count). The largest absolute Gasteiger partial charge is 0.326 e. The van der Waals surface area contributed by atoms with Crippen LogP contribution < -0.4 is 5.32 Å². The van der Waals surface area contributed by atoms with E-state index in [1.165, 1.54) is 42.8 Å². The number of nitrogens with one attached hydrogen (secondary N) is 1. The molecule has 1 aromatic rings. The number of hydrogen-bond donors (Lipinski definition) is 1. The van der Waals surface area contributed by atoms with E-state index >= 15 is 0 Å². The lowest BCUT2D eigenvalue weighted by Crippen LogP contribution is -2.41. The highest BCUT2D eigenvalue weighted by Crippen LogP contribution is 2.39. The van der Waals surface area contributed by atoms with E-state index in [-0.39, 0.29) is 23.8 Å². The van der Waals surface area contributed by atoms with E-state index in [0.717, 1.165) is 37.0 Å². The average Bonchev–Trinajstić information content (AvgIpc) is 2.87. The molecule has 0 unspecified atom stereocenters. The van der Waals surface area contributed by atoms with E-state index in [4.69, 9.17) is 0 Å². The van der Waals surface area contributed by atoms with Crippen LogP contribution in [0.1, 0.15) is 64.4 Å². The summed E-state index contributed by atoms with van der Waals surface area (Å²) in [6.07, 6.45) is 7.53. The van der Waals surface area contributed by atoms with Gasteiger partial charge in [0.25, 0.3) is 11.8 Å². The lowest BCUT2D eigenvalue weighted by atomic mass is 9.95. The number of amides is 3. The SMILES string of the molecule is CCSC1=C(c2ccc(NC(C)=O)cc2)C(=O)N(C2CCCCCCC2)C1=O. The summed E-state index contributed by atoms with van der Waals surface area (Å²) in [6.45, 7) is 3.45. The number of hydrogen-bond acceptors (Lipinski definition) is 4. The van der Waals surface area contributed by atoms with E-state index in [0.29, 0.717) is 16.2 Å². The van der Waals surface area contributed by atoms with Gasteiger partial charge in [0.2, 0.25) is 5.91 Å². The maximum atomic E-state index is 13.3. The first-order chi connectivity index (χ1) is 13.5. The summed E-state index contributed by atoms with van der Waals surface area (Å²) in [5, 5.41) is 2.73. The Hall–Kier alpha value is -2.08. The van der Waals surface area contributed by atoms with Gasteiger partial charge in [0, 0.05) is 18.7 Å². The molecule has 0 aromatic heterocycles. The van der Waals surface area contributed by atoms with Crippen molar-refractivity contribution in [2.24, 2.45) is 0 Å². The molecule has 1 aliphatic heterocycles. The van der Waals surface area contributed by atoms with Crippen molar-refractivity contribution in [2.45, 2.75) is 64.8 Å². The van der Waals surface area contributed by atoms with E-state index in [9.17, 15) is 14.4 Å². The van der Waals surface area contributed by atoms with Crippen molar-refractivity contribution in [1.82, 2.24) is 4.90 Å². The summed E-state index contributed by atoms with van der Waals surface area (Å²) in [5.41, 5.74) is 1.92. The van der Waals surface area contributed by atoms with Crippen LogP contribution in [-0.4, -0.2) is 34.4 Å². The molecule has 1 aliphatic carbocycles. The van der Waals surface area contributed by atoms with Crippen LogP contribution >= 0.6 is 11.8 Å². The second-order valence-corrected chi connectivity index (χ2v) is 8.65. The number of carbonyl (C=O) groups is 3. The van der Waals surface area contributed by atoms with Crippen LogP contribution in [0, 0.1) is 0 Å². The minimum atomic E-state index is -0.168. The monoisotopic (exact) mass is 400 g/mol. The molecule has 150 valence electrons. The minimum Gasteiger partial charge on any atom is -0.326 e. The fraction of sp³-hybridized carbons (Fsp3) is 0.500. The van der Waals surface area contributed by atoms with Crippen LogP contribution in [0.4, 0.5) is 5.69 Å². The molecular weight excluding hydrogens is 372 g/mol. The smallest absolute Gasteiger partial charge is 0.268 e. The van der Waals surface area contributed by atoms with Crippen LogP contribution in [0.15, 0.2) is 29.2 Å². The van der Waals surface area contributed by atoms with Crippen molar-refractivity contribution in [3.63, 3.8) is 0 Å². The van der Waals surface area contributed by atoms with Gasteiger partial charge in [-0.2, -0.15) is 0 Å². The number of nitrogens with zero attached hydrogens (tertiary/aromatic N) is 1. The zero-order valence-electron chi connectivity index (χ0n) is 16.6. The van der Waals surface area contributed by atoms with Gasteiger partial charge in [-0.05, 0) is 36.3 Å². The lowest BCUT2D eigenvalue weighted by molar-refractivity contribution is -0.139. The highest BCUT2D eigenvalue weighted by molar-refractivity contribution is 8.04. The van der Waals surface area contributed by atoms with Crippen LogP contribution in [-0.2, 0) is 14.4 Å². The molecule has 1 N–H and O–H groups in total. The summed E-state index contributed by atoms with van der Waals surface area (Å²) in [5.74, 6) is 0.291. The Morgan fingerprint density at radius 1 is 1.04 bits per heavy atom. The Bertz CT molecular complexity index is 777. The summed E-state index contributed by atoms with van der Waals surface area (Å²) >= 11 is 1.44. The zero-order valence-corrected chi connectivity index (χ0v) is 17.4. The van der Waals surface area contributed by atoms with Gasteiger partial charge < -0.3 is 5.32 Å². The molecular formula is C22H28N2O3S. The molecule has 2 aliphatic rings. The highest BCUT2D eigenvalue weighted by atomic mass is 32.2. The summed E-state index contributed by atoms with van der Waals surface area (Å²) < 4.78 is 0. The van der Waals surface area contributed by atoms with Crippen LogP contribution in [0.2, 0.25) is 0 Å². The summed E-state index contributed by atoms with van der Waals surface area (Å²) in [6, 6.07) is 7.17. The number of rotatable bonds is 5. The fourth-order valence-corrected chi connectivity index (χ4v) is 4.87. The average molecular weight is 401 g/mol.